The van der Waals surface area contributed by atoms with Gasteiger partial charge in [0.25, 0.3) is 5.91 Å². The Morgan fingerprint density at radius 1 is 1.00 bits per heavy atom. The summed E-state index contributed by atoms with van der Waals surface area (Å²) in [6, 6.07) is 16.1. The summed E-state index contributed by atoms with van der Waals surface area (Å²) in [7, 11) is 1.70. The fourth-order valence-corrected chi connectivity index (χ4v) is 7.27. The molecule has 0 aliphatic heterocycles. The highest BCUT2D eigenvalue weighted by Crippen LogP contribution is 2.44. The maximum atomic E-state index is 13.5. The summed E-state index contributed by atoms with van der Waals surface area (Å²) in [6.45, 7) is 8.79. The van der Waals surface area contributed by atoms with Crippen LogP contribution in [0.15, 0.2) is 54.6 Å². The van der Waals surface area contributed by atoms with Crippen LogP contribution in [0.1, 0.15) is 38.1 Å². The van der Waals surface area contributed by atoms with Crippen LogP contribution in [0.2, 0.25) is 0 Å². The van der Waals surface area contributed by atoms with Gasteiger partial charge in [0.05, 0.1) is 6.61 Å². The third-order valence-corrected chi connectivity index (χ3v) is 9.54. The van der Waals surface area contributed by atoms with E-state index in [2.05, 4.69) is 39.8 Å². The van der Waals surface area contributed by atoms with Gasteiger partial charge in [0.1, 0.15) is 0 Å². The van der Waals surface area contributed by atoms with Crippen molar-refractivity contribution in [1.82, 2.24) is 4.90 Å². The Balaban J connectivity index is 2.62. The van der Waals surface area contributed by atoms with Crippen molar-refractivity contribution in [3.05, 3.63) is 60.2 Å². The Morgan fingerprint density at radius 2 is 1.56 bits per heavy atom. The lowest BCUT2D eigenvalue weighted by molar-refractivity contribution is 0.0645. The molecule has 1 unspecified atom stereocenters. The van der Waals surface area contributed by atoms with E-state index in [-0.39, 0.29) is 18.0 Å². The van der Waals surface area contributed by atoms with Crippen molar-refractivity contribution >= 4 is 34.4 Å². The normalized spacial score (nSPS) is 13.6. The minimum absolute atomic E-state index is 0.0539. The molecule has 0 saturated heterocycles. The zero-order valence-electron chi connectivity index (χ0n) is 16.9. The topological polar surface area (TPSA) is 29.5 Å². The number of carbonyl (C=O) groups excluding carboxylic acids is 1. The summed E-state index contributed by atoms with van der Waals surface area (Å²) in [4.78, 5) is 15.4. The number of ether oxygens (including phenoxy) is 1. The van der Waals surface area contributed by atoms with Crippen LogP contribution >= 0.6 is 6.04 Å². The molecule has 0 spiro atoms. The molecule has 0 fully saturated rings. The van der Waals surface area contributed by atoms with Crippen LogP contribution in [0.5, 0.6) is 0 Å². The molecule has 2 rings (SSSR count). The van der Waals surface area contributed by atoms with Crippen LogP contribution in [0.3, 0.4) is 0 Å². The standard InChI is InChI=1S/C22H30NO2PS/c1-17(2)23(18(3)4)22(24)20-13-9-10-14-21(20)26(27,16-15-25-5)19-11-7-6-8-12-19/h6-14,17-18H,15-16H2,1-5H3. The molecule has 0 heterocycles. The van der Waals surface area contributed by atoms with Crippen LogP contribution in [0.4, 0.5) is 0 Å². The van der Waals surface area contributed by atoms with Crippen molar-refractivity contribution < 1.29 is 9.53 Å². The SMILES string of the molecule is COCCP(=S)(c1ccccc1)c1ccccc1C(=O)N(C(C)C)C(C)C. The molecule has 0 N–H and O–H groups in total. The van der Waals surface area contributed by atoms with Gasteiger partial charge in [0.15, 0.2) is 0 Å². The molecule has 0 bridgehead atoms. The third kappa shape index (κ3) is 4.87. The number of methoxy groups -OCH3 is 1. The molecule has 27 heavy (non-hydrogen) atoms. The summed E-state index contributed by atoms with van der Waals surface area (Å²) in [6.07, 6.45) is 0.733. The fourth-order valence-electron chi connectivity index (χ4n) is 3.45. The number of nitrogens with zero attached hydrogens (tertiary/aromatic N) is 1. The van der Waals surface area contributed by atoms with Gasteiger partial charge in [-0.2, -0.15) is 0 Å². The van der Waals surface area contributed by atoms with Gasteiger partial charge >= 0.3 is 0 Å². The maximum Gasteiger partial charge on any atom is 0.255 e. The Kier molecular flexibility index (Phi) is 7.79. The second-order valence-corrected chi connectivity index (χ2v) is 12.0. The Bertz CT molecular complexity index is 797. The van der Waals surface area contributed by atoms with Crippen molar-refractivity contribution in [2.45, 2.75) is 39.8 Å². The van der Waals surface area contributed by atoms with E-state index in [4.69, 9.17) is 16.5 Å². The van der Waals surface area contributed by atoms with Gasteiger partial charge in [-0.05, 0) is 39.1 Å². The third-order valence-electron chi connectivity index (χ3n) is 4.65. The van der Waals surface area contributed by atoms with Crippen LogP contribution in [-0.4, -0.2) is 42.8 Å². The molecule has 3 nitrogen and oxygen atoms in total. The molecule has 1 amide bonds. The lowest BCUT2D eigenvalue weighted by Gasteiger charge is -2.33. The van der Waals surface area contributed by atoms with Crippen LogP contribution in [0, 0.1) is 0 Å². The molecule has 0 aliphatic rings. The minimum Gasteiger partial charge on any atom is -0.384 e. The van der Waals surface area contributed by atoms with Crippen molar-refractivity contribution in [2.75, 3.05) is 19.9 Å². The first-order valence-corrected chi connectivity index (χ1v) is 12.4. The highest BCUT2D eigenvalue weighted by molar-refractivity contribution is 8.22. The van der Waals surface area contributed by atoms with E-state index in [0.717, 1.165) is 22.3 Å². The molecule has 1 atom stereocenters. The first-order valence-electron chi connectivity index (χ1n) is 9.38. The van der Waals surface area contributed by atoms with Gasteiger partial charge in [-0.15, -0.1) is 0 Å². The predicted octanol–water partition coefficient (Wildman–Crippen LogP) is 4.02. The lowest BCUT2D eigenvalue weighted by atomic mass is 10.1. The molecule has 5 heteroatoms. The summed E-state index contributed by atoms with van der Waals surface area (Å²) >= 11 is 6.29. The van der Waals surface area contributed by atoms with Crippen LogP contribution in [0.25, 0.3) is 0 Å². The van der Waals surface area contributed by atoms with Gasteiger partial charge in [0, 0.05) is 42.3 Å². The average molecular weight is 404 g/mol. The second-order valence-electron chi connectivity index (χ2n) is 7.21. The van der Waals surface area contributed by atoms with E-state index in [1.54, 1.807) is 7.11 Å². The molecule has 0 aliphatic carbocycles. The number of rotatable bonds is 8. The highest BCUT2D eigenvalue weighted by atomic mass is 32.4. The zero-order valence-corrected chi connectivity index (χ0v) is 18.6. The van der Waals surface area contributed by atoms with Crippen molar-refractivity contribution in [1.29, 1.82) is 0 Å². The summed E-state index contributed by atoms with van der Waals surface area (Å²) in [5, 5.41) is 2.11. The Hall–Kier alpha value is -1.48. The summed E-state index contributed by atoms with van der Waals surface area (Å²) in [5.74, 6) is 0.0539. The smallest absolute Gasteiger partial charge is 0.255 e. The Morgan fingerprint density at radius 3 is 2.11 bits per heavy atom. The first kappa shape index (κ1) is 21.8. The maximum absolute atomic E-state index is 13.5. The first-order chi connectivity index (χ1) is 12.8. The highest BCUT2D eigenvalue weighted by Gasteiger charge is 2.30. The van der Waals surface area contributed by atoms with E-state index >= 15 is 0 Å². The zero-order chi connectivity index (χ0) is 20.0. The molecule has 2 aromatic rings. The quantitative estimate of drug-likeness (QED) is 0.624. The van der Waals surface area contributed by atoms with Gasteiger partial charge in [-0.1, -0.05) is 60.3 Å². The minimum atomic E-state index is -2.17. The van der Waals surface area contributed by atoms with E-state index in [9.17, 15) is 4.79 Å². The van der Waals surface area contributed by atoms with E-state index in [0.29, 0.717) is 6.61 Å². The van der Waals surface area contributed by atoms with Crippen LogP contribution < -0.4 is 10.6 Å². The number of carbonyl (C=O) groups is 1. The number of hydrogen-bond donors (Lipinski definition) is 0. The number of hydrogen-bond acceptors (Lipinski definition) is 3. The van der Waals surface area contributed by atoms with Gasteiger partial charge in [-0.25, -0.2) is 0 Å². The van der Waals surface area contributed by atoms with Crippen molar-refractivity contribution in [2.24, 2.45) is 0 Å². The molecule has 0 aromatic heterocycles. The second kappa shape index (κ2) is 9.64. The van der Waals surface area contributed by atoms with Gasteiger partial charge in [-0.3, -0.25) is 4.79 Å². The van der Waals surface area contributed by atoms with Crippen molar-refractivity contribution in [3.8, 4) is 0 Å². The lowest BCUT2D eigenvalue weighted by Crippen LogP contribution is -2.44. The number of benzene rings is 2. The molecule has 0 radical (unpaired) electrons. The largest absolute Gasteiger partial charge is 0.384 e. The van der Waals surface area contributed by atoms with Crippen LogP contribution in [-0.2, 0) is 16.5 Å². The monoisotopic (exact) mass is 403 g/mol. The molecule has 0 saturated carbocycles. The molecular formula is C22H30NO2PS. The van der Waals surface area contributed by atoms with Gasteiger partial charge in [0.2, 0.25) is 0 Å². The van der Waals surface area contributed by atoms with E-state index in [1.165, 1.54) is 0 Å². The fraction of sp³-hybridized carbons (Fsp3) is 0.409. The average Bonchev–Trinajstić information content (AvgIpc) is 2.66. The van der Waals surface area contributed by atoms with E-state index in [1.807, 2.05) is 47.4 Å². The summed E-state index contributed by atoms with van der Waals surface area (Å²) in [5.41, 5.74) is 0.725. The van der Waals surface area contributed by atoms with Crippen molar-refractivity contribution in [3.63, 3.8) is 0 Å². The number of amides is 1. The van der Waals surface area contributed by atoms with Gasteiger partial charge < -0.3 is 9.64 Å². The molecular weight excluding hydrogens is 373 g/mol. The molecule has 146 valence electrons. The Labute approximate surface area is 168 Å². The predicted molar refractivity (Wildman–Crippen MR) is 120 cm³/mol. The summed E-state index contributed by atoms with van der Waals surface area (Å²) < 4.78 is 5.37. The molecule has 2 aromatic carbocycles. The van der Waals surface area contributed by atoms with E-state index < -0.39 is 6.04 Å².